The van der Waals surface area contributed by atoms with Gasteiger partial charge in [0.15, 0.2) is 11.0 Å². The van der Waals surface area contributed by atoms with Crippen LogP contribution in [0.3, 0.4) is 0 Å². The summed E-state index contributed by atoms with van der Waals surface area (Å²) in [6.07, 6.45) is 6.72. The number of pyridine rings is 1. The fraction of sp³-hybridized carbons (Fsp3) is 0.286. The molecule has 0 radical (unpaired) electrons. The number of piperidine rings is 1. The first kappa shape index (κ1) is 23.3. The van der Waals surface area contributed by atoms with Gasteiger partial charge in [-0.2, -0.15) is 0 Å². The summed E-state index contributed by atoms with van der Waals surface area (Å²) in [5.41, 5.74) is 4.42. The van der Waals surface area contributed by atoms with Crippen molar-refractivity contribution in [3.05, 3.63) is 90.3 Å². The van der Waals surface area contributed by atoms with Crippen molar-refractivity contribution in [1.82, 2.24) is 24.6 Å². The second kappa shape index (κ2) is 10.9. The van der Waals surface area contributed by atoms with Crippen molar-refractivity contribution in [1.29, 1.82) is 0 Å². The molecule has 1 fully saturated rings. The highest BCUT2D eigenvalue weighted by atomic mass is 32.2. The minimum atomic E-state index is 0.162. The number of nitrogens with zero attached hydrogens (tertiary/aromatic N) is 5. The number of aromatic nitrogens is 4. The maximum atomic E-state index is 13.0. The molecule has 2 aromatic heterocycles. The van der Waals surface area contributed by atoms with Gasteiger partial charge in [0.25, 0.3) is 0 Å². The third-order valence-electron chi connectivity index (χ3n) is 6.50. The molecular weight excluding hydrogens is 454 g/mol. The number of aryl methyl sites for hydroxylation is 1. The maximum absolute atomic E-state index is 13.0. The minimum absolute atomic E-state index is 0.162. The lowest BCUT2D eigenvalue weighted by Gasteiger charge is -2.32. The summed E-state index contributed by atoms with van der Waals surface area (Å²) in [6.45, 7) is 3.71. The minimum Gasteiger partial charge on any atom is -0.342 e. The first-order valence-corrected chi connectivity index (χ1v) is 13.0. The Morgan fingerprint density at radius 2 is 1.74 bits per heavy atom. The average Bonchev–Trinajstić information content (AvgIpc) is 3.33. The van der Waals surface area contributed by atoms with Crippen LogP contribution in [0.1, 0.15) is 24.0 Å². The van der Waals surface area contributed by atoms with Crippen LogP contribution in [0, 0.1) is 12.8 Å². The standard InChI is InChI=1S/C28H29N5OS/c1-21-9-11-25(12-10-21)33-27(24-8-5-15-29-19-24)30-31-28(33)35-20-26(34)32-16-13-23(14-17-32)18-22-6-3-2-4-7-22/h2-12,15,19,23H,13-14,16-18,20H2,1H3. The van der Waals surface area contributed by atoms with Crippen LogP contribution in [0.15, 0.2) is 84.3 Å². The molecule has 0 aliphatic carbocycles. The molecule has 1 aliphatic rings. The van der Waals surface area contributed by atoms with Crippen LogP contribution in [0.2, 0.25) is 0 Å². The molecule has 0 saturated carbocycles. The van der Waals surface area contributed by atoms with Crippen molar-refractivity contribution in [2.75, 3.05) is 18.8 Å². The zero-order valence-corrected chi connectivity index (χ0v) is 20.7. The van der Waals surface area contributed by atoms with E-state index >= 15 is 0 Å². The van der Waals surface area contributed by atoms with Crippen LogP contribution in [0.4, 0.5) is 0 Å². The summed E-state index contributed by atoms with van der Waals surface area (Å²) < 4.78 is 2.01. The van der Waals surface area contributed by atoms with Gasteiger partial charge in [0, 0.05) is 36.7 Å². The van der Waals surface area contributed by atoms with Crippen molar-refractivity contribution in [2.45, 2.75) is 31.3 Å². The molecule has 4 aromatic rings. The van der Waals surface area contributed by atoms with E-state index in [4.69, 9.17) is 0 Å². The van der Waals surface area contributed by atoms with Gasteiger partial charge in [0.2, 0.25) is 5.91 Å². The molecule has 0 atom stereocenters. The van der Waals surface area contributed by atoms with Gasteiger partial charge in [0.1, 0.15) is 0 Å². The molecule has 7 heteroatoms. The molecule has 3 heterocycles. The van der Waals surface area contributed by atoms with E-state index in [9.17, 15) is 4.79 Å². The SMILES string of the molecule is Cc1ccc(-n2c(SCC(=O)N3CCC(Cc4ccccc4)CC3)nnc2-c2cccnc2)cc1. The second-order valence-corrected chi connectivity index (χ2v) is 9.96. The number of hydrogen-bond acceptors (Lipinski definition) is 5. The Morgan fingerprint density at radius 1 is 0.971 bits per heavy atom. The van der Waals surface area contributed by atoms with Gasteiger partial charge in [-0.3, -0.25) is 14.3 Å². The van der Waals surface area contributed by atoms with E-state index in [2.05, 4.69) is 76.7 Å². The molecular formula is C28H29N5OS. The lowest BCUT2D eigenvalue weighted by Crippen LogP contribution is -2.39. The number of likely N-dealkylation sites (tertiary alicyclic amines) is 1. The number of hydrogen-bond donors (Lipinski definition) is 0. The average molecular weight is 484 g/mol. The topological polar surface area (TPSA) is 63.9 Å². The number of carbonyl (C=O) groups is 1. The van der Waals surface area contributed by atoms with Crippen LogP contribution in [-0.2, 0) is 11.2 Å². The predicted molar refractivity (Wildman–Crippen MR) is 140 cm³/mol. The Bertz CT molecular complexity index is 1250. The van der Waals surface area contributed by atoms with E-state index in [-0.39, 0.29) is 5.91 Å². The third-order valence-corrected chi connectivity index (χ3v) is 7.42. The van der Waals surface area contributed by atoms with Crippen molar-refractivity contribution < 1.29 is 4.79 Å². The molecule has 1 aliphatic heterocycles. The number of rotatable bonds is 7. The summed E-state index contributed by atoms with van der Waals surface area (Å²) in [5.74, 6) is 1.87. The van der Waals surface area contributed by atoms with E-state index < -0.39 is 0 Å². The fourth-order valence-electron chi connectivity index (χ4n) is 4.52. The molecule has 178 valence electrons. The molecule has 1 saturated heterocycles. The molecule has 35 heavy (non-hydrogen) atoms. The van der Waals surface area contributed by atoms with Gasteiger partial charge in [-0.15, -0.1) is 10.2 Å². The molecule has 0 unspecified atom stereocenters. The molecule has 6 nitrogen and oxygen atoms in total. The van der Waals surface area contributed by atoms with E-state index in [0.29, 0.717) is 16.8 Å². The summed E-state index contributed by atoms with van der Waals surface area (Å²) in [5, 5.41) is 9.61. The van der Waals surface area contributed by atoms with Gasteiger partial charge in [-0.25, -0.2) is 0 Å². The molecule has 0 spiro atoms. The Morgan fingerprint density at radius 3 is 2.46 bits per heavy atom. The Balaban J connectivity index is 1.25. The zero-order chi connectivity index (χ0) is 24.0. The largest absolute Gasteiger partial charge is 0.342 e. The highest BCUT2D eigenvalue weighted by Gasteiger charge is 2.24. The van der Waals surface area contributed by atoms with E-state index in [1.54, 1.807) is 12.4 Å². The van der Waals surface area contributed by atoms with Gasteiger partial charge >= 0.3 is 0 Å². The summed E-state index contributed by atoms with van der Waals surface area (Å²) in [4.78, 5) is 19.3. The third kappa shape index (κ3) is 5.62. The molecule has 0 N–H and O–H groups in total. The molecule has 0 bridgehead atoms. The Hall–Kier alpha value is -3.45. The molecule has 1 amide bonds. The predicted octanol–water partition coefficient (Wildman–Crippen LogP) is 5.21. The van der Waals surface area contributed by atoms with Crippen LogP contribution >= 0.6 is 11.8 Å². The molecule has 2 aromatic carbocycles. The lowest BCUT2D eigenvalue weighted by molar-refractivity contribution is -0.129. The lowest BCUT2D eigenvalue weighted by atomic mass is 9.90. The van der Waals surface area contributed by atoms with Crippen LogP contribution in [-0.4, -0.2) is 49.4 Å². The van der Waals surface area contributed by atoms with Crippen molar-refractivity contribution in [3.63, 3.8) is 0 Å². The van der Waals surface area contributed by atoms with Gasteiger partial charge in [-0.1, -0.05) is 59.8 Å². The van der Waals surface area contributed by atoms with Gasteiger partial charge in [0.05, 0.1) is 5.75 Å². The van der Waals surface area contributed by atoms with Crippen molar-refractivity contribution in [2.24, 2.45) is 5.92 Å². The van der Waals surface area contributed by atoms with Crippen molar-refractivity contribution in [3.8, 4) is 17.1 Å². The summed E-state index contributed by atoms with van der Waals surface area (Å²) in [7, 11) is 0. The van der Waals surface area contributed by atoms with Crippen LogP contribution < -0.4 is 0 Å². The monoisotopic (exact) mass is 483 g/mol. The Labute approximate surface area is 210 Å². The quantitative estimate of drug-likeness (QED) is 0.338. The summed E-state index contributed by atoms with van der Waals surface area (Å²) >= 11 is 1.44. The normalized spacial score (nSPS) is 14.3. The van der Waals surface area contributed by atoms with E-state index in [1.165, 1.54) is 22.9 Å². The first-order chi connectivity index (χ1) is 17.2. The van der Waals surface area contributed by atoms with Crippen LogP contribution in [0.25, 0.3) is 17.1 Å². The van der Waals surface area contributed by atoms with Gasteiger partial charge in [-0.05, 0) is 61.9 Å². The number of thioether (sulfide) groups is 1. The van der Waals surface area contributed by atoms with E-state index in [0.717, 1.165) is 49.4 Å². The second-order valence-electron chi connectivity index (χ2n) is 9.02. The van der Waals surface area contributed by atoms with Crippen LogP contribution in [0.5, 0.6) is 0 Å². The number of amides is 1. The van der Waals surface area contributed by atoms with E-state index in [1.807, 2.05) is 21.6 Å². The number of benzene rings is 2. The fourth-order valence-corrected chi connectivity index (χ4v) is 5.38. The highest BCUT2D eigenvalue weighted by Crippen LogP contribution is 2.29. The summed E-state index contributed by atoms with van der Waals surface area (Å²) in [6, 6.07) is 22.8. The Kier molecular flexibility index (Phi) is 7.23. The number of carbonyl (C=O) groups excluding carboxylic acids is 1. The molecule has 5 rings (SSSR count). The first-order valence-electron chi connectivity index (χ1n) is 12.0. The highest BCUT2D eigenvalue weighted by molar-refractivity contribution is 7.99. The maximum Gasteiger partial charge on any atom is 0.233 e. The smallest absolute Gasteiger partial charge is 0.233 e. The van der Waals surface area contributed by atoms with Crippen molar-refractivity contribution >= 4 is 17.7 Å². The zero-order valence-electron chi connectivity index (χ0n) is 19.9. The van der Waals surface area contributed by atoms with Gasteiger partial charge < -0.3 is 4.90 Å².